The van der Waals surface area contributed by atoms with Crippen molar-refractivity contribution in [2.75, 3.05) is 24.1 Å². The molecule has 1 saturated heterocycles. The molecular formula is C19H29N3O4S. The largest absolute Gasteiger partial charge is 0.474 e. The van der Waals surface area contributed by atoms with Gasteiger partial charge < -0.3 is 9.64 Å². The van der Waals surface area contributed by atoms with E-state index in [0.29, 0.717) is 23.9 Å². The molecule has 7 nitrogen and oxygen atoms in total. The van der Waals surface area contributed by atoms with E-state index in [1.54, 1.807) is 12.1 Å². The van der Waals surface area contributed by atoms with E-state index < -0.39 is 10.0 Å². The van der Waals surface area contributed by atoms with Gasteiger partial charge in [0.2, 0.25) is 21.8 Å². The number of amides is 1. The third-order valence-corrected chi connectivity index (χ3v) is 5.92. The molecule has 3 rings (SSSR count). The molecule has 1 aliphatic carbocycles. The zero-order valence-electron chi connectivity index (χ0n) is 15.9. The molecule has 2 fully saturated rings. The highest BCUT2D eigenvalue weighted by Gasteiger charge is 2.26. The predicted octanol–water partition coefficient (Wildman–Crippen LogP) is 2.79. The van der Waals surface area contributed by atoms with E-state index in [4.69, 9.17) is 4.74 Å². The average Bonchev–Trinajstić information content (AvgIpc) is 2.63. The van der Waals surface area contributed by atoms with Crippen LogP contribution in [0.25, 0.3) is 0 Å². The highest BCUT2D eigenvalue weighted by Crippen LogP contribution is 2.27. The van der Waals surface area contributed by atoms with Crippen LogP contribution < -0.4 is 9.46 Å². The molecule has 1 aromatic rings. The van der Waals surface area contributed by atoms with Crippen molar-refractivity contribution in [2.24, 2.45) is 5.92 Å². The van der Waals surface area contributed by atoms with Crippen molar-refractivity contribution in [3.8, 4) is 5.88 Å². The second-order valence-corrected chi connectivity index (χ2v) is 9.41. The molecule has 0 spiro atoms. The molecule has 2 aliphatic rings. The highest BCUT2D eigenvalue weighted by molar-refractivity contribution is 7.92. The highest BCUT2D eigenvalue weighted by atomic mass is 32.2. The molecule has 1 aromatic heterocycles. The topological polar surface area (TPSA) is 88.6 Å². The maximum atomic E-state index is 12.5. The van der Waals surface area contributed by atoms with Gasteiger partial charge in [-0.05, 0) is 24.8 Å². The van der Waals surface area contributed by atoms with Crippen LogP contribution in [0.2, 0.25) is 0 Å². The first kappa shape index (κ1) is 19.9. The third kappa shape index (κ3) is 6.37. The van der Waals surface area contributed by atoms with E-state index >= 15 is 0 Å². The summed E-state index contributed by atoms with van der Waals surface area (Å²) in [6.45, 7) is 1.45. The normalized spacial score (nSPS) is 19.7. The number of nitrogens with zero attached hydrogens (tertiary/aromatic N) is 2. The summed E-state index contributed by atoms with van der Waals surface area (Å²) in [4.78, 5) is 18.6. The maximum Gasteiger partial charge on any atom is 0.229 e. The average molecular weight is 396 g/mol. The van der Waals surface area contributed by atoms with Gasteiger partial charge in [-0.2, -0.15) is 0 Å². The smallest absolute Gasteiger partial charge is 0.229 e. The number of sulfonamides is 1. The number of hydrogen-bond acceptors (Lipinski definition) is 5. The van der Waals surface area contributed by atoms with Gasteiger partial charge in [0.1, 0.15) is 6.10 Å². The molecule has 1 amide bonds. The van der Waals surface area contributed by atoms with Crippen LogP contribution in [0.1, 0.15) is 51.4 Å². The molecule has 8 heteroatoms. The number of aromatic nitrogens is 1. The Hall–Kier alpha value is -1.83. The van der Waals surface area contributed by atoms with E-state index in [1.165, 1.54) is 38.3 Å². The van der Waals surface area contributed by atoms with Gasteiger partial charge in [0.15, 0.2) is 0 Å². The minimum atomic E-state index is -3.31. The Labute approximate surface area is 161 Å². The van der Waals surface area contributed by atoms with Crippen molar-refractivity contribution in [3.63, 3.8) is 0 Å². The number of hydrogen-bond donors (Lipinski definition) is 1. The van der Waals surface area contributed by atoms with E-state index in [1.807, 2.05) is 4.90 Å². The molecule has 0 atom stereocenters. The number of pyridine rings is 1. The summed E-state index contributed by atoms with van der Waals surface area (Å²) in [6, 6.07) is 3.29. The van der Waals surface area contributed by atoms with Gasteiger partial charge in [-0.15, -0.1) is 0 Å². The molecule has 0 bridgehead atoms. The Morgan fingerprint density at radius 2 is 1.89 bits per heavy atom. The summed E-state index contributed by atoms with van der Waals surface area (Å²) in [6.07, 6.45) is 11.1. The van der Waals surface area contributed by atoms with Gasteiger partial charge in [-0.25, -0.2) is 13.4 Å². The van der Waals surface area contributed by atoms with Crippen molar-refractivity contribution < 1.29 is 17.9 Å². The Balaban J connectivity index is 1.43. The molecule has 1 N–H and O–H groups in total. The zero-order chi connectivity index (χ0) is 19.3. The summed E-state index contributed by atoms with van der Waals surface area (Å²) in [7, 11) is -3.31. The van der Waals surface area contributed by atoms with Crippen molar-refractivity contribution in [1.29, 1.82) is 0 Å². The van der Waals surface area contributed by atoms with E-state index in [2.05, 4.69) is 9.71 Å². The molecule has 1 aliphatic heterocycles. The number of ether oxygens (including phenoxy) is 1. The molecule has 2 heterocycles. The summed E-state index contributed by atoms with van der Waals surface area (Å²) in [5.41, 5.74) is 0.410. The first-order chi connectivity index (χ1) is 12.9. The van der Waals surface area contributed by atoms with Crippen molar-refractivity contribution in [2.45, 2.75) is 57.5 Å². The van der Waals surface area contributed by atoms with Gasteiger partial charge in [0.05, 0.1) is 18.1 Å². The van der Waals surface area contributed by atoms with Gasteiger partial charge in [0, 0.05) is 38.4 Å². The number of nitrogens with one attached hydrogen (secondary N) is 1. The van der Waals surface area contributed by atoms with Crippen LogP contribution in [0.3, 0.4) is 0 Å². The van der Waals surface area contributed by atoms with Crippen LogP contribution in [0.15, 0.2) is 18.3 Å². The van der Waals surface area contributed by atoms with E-state index in [-0.39, 0.29) is 12.0 Å². The fourth-order valence-corrected chi connectivity index (χ4v) is 4.43. The number of anilines is 1. The molecule has 150 valence electrons. The van der Waals surface area contributed by atoms with Crippen LogP contribution in [0.4, 0.5) is 5.69 Å². The lowest BCUT2D eigenvalue weighted by Gasteiger charge is -2.33. The summed E-state index contributed by atoms with van der Waals surface area (Å²) in [5, 5.41) is 0. The van der Waals surface area contributed by atoms with Crippen LogP contribution in [-0.4, -0.2) is 49.7 Å². The number of likely N-dealkylation sites (tertiary alicyclic amines) is 1. The Kier molecular flexibility index (Phi) is 6.57. The van der Waals surface area contributed by atoms with Gasteiger partial charge in [0.25, 0.3) is 0 Å². The van der Waals surface area contributed by atoms with Crippen molar-refractivity contribution >= 4 is 21.6 Å². The fraction of sp³-hybridized carbons (Fsp3) is 0.684. The predicted molar refractivity (Wildman–Crippen MR) is 104 cm³/mol. The lowest BCUT2D eigenvalue weighted by atomic mass is 9.86. The Morgan fingerprint density at radius 1 is 1.19 bits per heavy atom. The first-order valence-electron chi connectivity index (χ1n) is 9.77. The Bertz CT molecular complexity index is 722. The SMILES string of the molecule is CS(=O)(=O)Nc1ccc(OC2CCN(C(=O)CC3CCCCC3)CC2)nc1. The molecular weight excluding hydrogens is 366 g/mol. The maximum absolute atomic E-state index is 12.5. The van der Waals surface area contributed by atoms with E-state index in [0.717, 1.165) is 32.2 Å². The van der Waals surface area contributed by atoms with Crippen LogP contribution in [0.5, 0.6) is 5.88 Å². The molecule has 0 aromatic carbocycles. The zero-order valence-corrected chi connectivity index (χ0v) is 16.7. The number of piperidine rings is 1. The quantitative estimate of drug-likeness (QED) is 0.800. The van der Waals surface area contributed by atoms with Gasteiger partial charge in [-0.1, -0.05) is 19.3 Å². The van der Waals surface area contributed by atoms with Crippen molar-refractivity contribution in [3.05, 3.63) is 18.3 Å². The van der Waals surface area contributed by atoms with Crippen LogP contribution >= 0.6 is 0 Å². The lowest BCUT2D eigenvalue weighted by molar-refractivity contribution is -0.134. The van der Waals surface area contributed by atoms with E-state index in [9.17, 15) is 13.2 Å². The standard InChI is InChI=1S/C19H29N3O4S/c1-27(24,25)21-16-7-8-18(20-14-16)26-17-9-11-22(12-10-17)19(23)13-15-5-3-2-4-6-15/h7-8,14-15,17,21H,2-6,9-13H2,1H3. The monoisotopic (exact) mass is 395 g/mol. The Morgan fingerprint density at radius 3 is 2.48 bits per heavy atom. The molecule has 0 unspecified atom stereocenters. The third-order valence-electron chi connectivity index (χ3n) is 5.31. The minimum absolute atomic E-state index is 0.0324. The molecule has 27 heavy (non-hydrogen) atoms. The second kappa shape index (κ2) is 8.91. The van der Waals surface area contributed by atoms with Crippen LogP contribution in [-0.2, 0) is 14.8 Å². The van der Waals surface area contributed by atoms with Gasteiger partial charge >= 0.3 is 0 Å². The lowest BCUT2D eigenvalue weighted by Crippen LogP contribution is -2.42. The van der Waals surface area contributed by atoms with Crippen molar-refractivity contribution in [1.82, 2.24) is 9.88 Å². The second-order valence-electron chi connectivity index (χ2n) is 7.67. The number of carbonyl (C=O) groups excluding carboxylic acids is 1. The van der Waals surface area contributed by atoms with Gasteiger partial charge in [-0.3, -0.25) is 9.52 Å². The summed E-state index contributed by atoms with van der Waals surface area (Å²) >= 11 is 0. The summed E-state index contributed by atoms with van der Waals surface area (Å²) < 4.78 is 30.7. The number of rotatable bonds is 6. The minimum Gasteiger partial charge on any atom is -0.474 e. The first-order valence-corrected chi connectivity index (χ1v) is 11.7. The molecule has 1 saturated carbocycles. The molecule has 0 radical (unpaired) electrons. The van der Waals surface area contributed by atoms with Crippen LogP contribution in [0, 0.1) is 5.92 Å². The number of carbonyl (C=O) groups is 1. The fourth-order valence-electron chi connectivity index (χ4n) is 3.89. The summed E-state index contributed by atoms with van der Waals surface area (Å²) in [5.74, 6) is 1.33.